The monoisotopic (exact) mass is 379 g/mol. The van der Waals surface area contributed by atoms with Crippen molar-refractivity contribution in [2.24, 2.45) is 5.16 Å². The molecule has 3 nitrogen and oxygen atoms in total. The predicted molar refractivity (Wildman–Crippen MR) is 116 cm³/mol. The van der Waals surface area contributed by atoms with Gasteiger partial charge in [-0.25, -0.2) is 0 Å². The molecule has 0 amide bonds. The number of carbonyl (C=O) groups excluding carboxylic acids is 1. The number of oxime groups is 1. The largest absolute Gasteiger partial charge is 0.411 e. The van der Waals surface area contributed by atoms with E-state index >= 15 is 0 Å². The second-order valence-corrected chi connectivity index (χ2v) is 8.57. The summed E-state index contributed by atoms with van der Waals surface area (Å²) in [6, 6.07) is 0. The quantitative estimate of drug-likeness (QED) is 0.342. The molecule has 2 aliphatic rings. The van der Waals surface area contributed by atoms with Gasteiger partial charge in [0.25, 0.3) is 0 Å². The lowest BCUT2D eigenvalue weighted by molar-refractivity contribution is -0.119. The normalized spacial score (nSPS) is 22.7. The first-order valence-corrected chi connectivity index (χ1v) is 12.0. The van der Waals surface area contributed by atoms with Crippen LogP contribution in [0.2, 0.25) is 0 Å². The molecule has 0 heterocycles. The van der Waals surface area contributed by atoms with Crippen LogP contribution in [0.4, 0.5) is 0 Å². The molecule has 158 valence electrons. The summed E-state index contributed by atoms with van der Waals surface area (Å²) in [4.78, 5) is 11.3. The maximum Gasteiger partial charge on any atom is 0.132 e. The van der Waals surface area contributed by atoms with Gasteiger partial charge in [0.05, 0.1) is 5.71 Å². The molecule has 2 saturated carbocycles. The van der Waals surface area contributed by atoms with Gasteiger partial charge in [-0.1, -0.05) is 95.0 Å². The van der Waals surface area contributed by atoms with Crippen LogP contribution in [-0.4, -0.2) is 16.7 Å². The number of hydrogen-bond acceptors (Lipinski definition) is 3. The number of Topliss-reactive ketones (excluding diaryl/α,β-unsaturated/α-hetero) is 1. The summed E-state index contributed by atoms with van der Waals surface area (Å²) < 4.78 is 0. The Hall–Kier alpha value is -0.860. The molecule has 1 N–H and O–H groups in total. The summed E-state index contributed by atoms with van der Waals surface area (Å²) in [6.07, 6.45) is 27.3. The molecule has 3 heteroatoms. The lowest BCUT2D eigenvalue weighted by atomic mass is 10.00. The van der Waals surface area contributed by atoms with E-state index in [1.165, 1.54) is 103 Å². The van der Waals surface area contributed by atoms with Crippen molar-refractivity contribution in [2.45, 2.75) is 141 Å². The molecule has 0 atom stereocenters. The van der Waals surface area contributed by atoms with Crippen LogP contribution < -0.4 is 0 Å². The van der Waals surface area contributed by atoms with Gasteiger partial charge in [-0.3, -0.25) is 4.79 Å². The first kappa shape index (κ1) is 24.2. The van der Waals surface area contributed by atoms with E-state index in [-0.39, 0.29) is 0 Å². The highest BCUT2D eigenvalue weighted by Crippen LogP contribution is 2.16. The molecule has 2 fully saturated rings. The standard InChI is InChI=1S/C12H23NO.C12H22O/c14-13-12-10-8-6-4-2-1-3-5-7-9-11-12;13-12-10-8-6-4-2-1-3-5-7-9-11-12/h14H,1-11H2;1-11H2. The van der Waals surface area contributed by atoms with E-state index in [1.54, 1.807) is 0 Å². The highest BCUT2D eigenvalue weighted by Gasteiger charge is 2.03. The maximum absolute atomic E-state index is 11.3. The average molecular weight is 380 g/mol. The van der Waals surface area contributed by atoms with Crippen LogP contribution in [0.25, 0.3) is 0 Å². The van der Waals surface area contributed by atoms with Gasteiger partial charge < -0.3 is 5.21 Å². The smallest absolute Gasteiger partial charge is 0.132 e. The molecule has 0 radical (unpaired) electrons. The second kappa shape index (κ2) is 18.5. The Bertz CT molecular complexity index is 351. The number of hydrogen-bond donors (Lipinski definition) is 1. The zero-order valence-corrected chi connectivity index (χ0v) is 17.9. The Balaban J connectivity index is 0.000000271. The van der Waals surface area contributed by atoms with Gasteiger partial charge in [0.1, 0.15) is 5.78 Å². The molecule has 2 rings (SSSR count). The lowest BCUT2D eigenvalue weighted by Gasteiger charge is -2.07. The molecule has 0 unspecified atom stereocenters. The van der Waals surface area contributed by atoms with Crippen LogP contribution in [0.3, 0.4) is 0 Å². The Kier molecular flexibility index (Phi) is 16.6. The van der Waals surface area contributed by atoms with Crippen LogP contribution in [-0.2, 0) is 4.79 Å². The van der Waals surface area contributed by atoms with Crippen molar-refractivity contribution in [1.82, 2.24) is 0 Å². The van der Waals surface area contributed by atoms with E-state index in [0.717, 1.165) is 44.2 Å². The minimum atomic E-state index is 0.501. The van der Waals surface area contributed by atoms with Gasteiger partial charge in [-0.05, 0) is 38.5 Å². The molecule has 0 aromatic heterocycles. The van der Waals surface area contributed by atoms with Crippen LogP contribution in [0.5, 0.6) is 0 Å². The van der Waals surface area contributed by atoms with Crippen LogP contribution in [0, 0.1) is 0 Å². The number of rotatable bonds is 0. The molecular weight excluding hydrogens is 334 g/mol. The summed E-state index contributed by atoms with van der Waals surface area (Å²) in [5.74, 6) is 0.501. The lowest BCUT2D eigenvalue weighted by Crippen LogP contribution is -1.99. The van der Waals surface area contributed by atoms with Crippen molar-refractivity contribution in [3.8, 4) is 0 Å². The molecule has 27 heavy (non-hydrogen) atoms. The predicted octanol–water partition coefficient (Wildman–Crippen LogP) is 7.98. The molecular formula is C24H45NO2. The van der Waals surface area contributed by atoms with E-state index in [0.29, 0.717) is 5.78 Å². The summed E-state index contributed by atoms with van der Waals surface area (Å²) in [5, 5.41) is 12.2. The van der Waals surface area contributed by atoms with Gasteiger partial charge in [-0.2, -0.15) is 0 Å². The third kappa shape index (κ3) is 15.9. The first-order valence-electron chi connectivity index (χ1n) is 12.0. The van der Waals surface area contributed by atoms with Crippen molar-refractivity contribution in [3.05, 3.63) is 0 Å². The highest BCUT2D eigenvalue weighted by atomic mass is 16.4. The third-order valence-corrected chi connectivity index (χ3v) is 5.98. The highest BCUT2D eigenvalue weighted by molar-refractivity contribution is 5.83. The Morgan fingerprint density at radius 3 is 1.00 bits per heavy atom. The van der Waals surface area contributed by atoms with Gasteiger partial charge in [0, 0.05) is 12.8 Å². The minimum absolute atomic E-state index is 0.501. The Morgan fingerprint density at radius 1 is 0.444 bits per heavy atom. The van der Waals surface area contributed by atoms with Crippen LogP contribution >= 0.6 is 0 Å². The number of nitrogens with zero attached hydrogens (tertiary/aromatic N) is 1. The van der Waals surface area contributed by atoms with Crippen molar-refractivity contribution >= 4 is 11.5 Å². The summed E-state index contributed by atoms with van der Waals surface area (Å²) in [5.41, 5.74) is 1.02. The van der Waals surface area contributed by atoms with Crippen molar-refractivity contribution in [1.29, 1.82) is 0 Å². The Morgan fingerprint density at radius 2 is 0.704 bits per heavy atom. The zero-order chi connectivity index (χ0) is 19.4. The topological polar surface area (TPSA) is 49.7 Å². The molecule has 0 aliphatic heterocycles. The summed E-state index contributed by atoms with van der Waals surface area (Å²) in [7, 11) is 0. The molecule has 0 spiro atoms. The molecule has 0 aromatic rings. The summed E-state index contributed by atoms with van der Waals surface area (Å²) in [6.45, 7) is 0. The molecule has 0 saturated heterocycles. The van der Waals surface area contributed by atoms with Gasteiger partial charge in [0.15, 0.2) is 0 Å². The zero-order valence-electron chi connectivity index (χ0n) is 17.9. The second-order valence-electron chi connectivity index (χ2n) is 8.57. The van der Waals surface area contributed by atoms with Crippen LogP contribution in [0.15, 0.2) is 5.16 Å². The Labute approximate surface area is 168 Å². The molecule has 0 aromatic carbocycles. The number of ketones is 1. The van der Waals surface area contributed by atoms with E-state index in [9.17, 15) is 4.79 Å². The van der Waals surface area contributed by atoms with Crippen molar-refractivity contribution < 1.29 is 10.0 Å². The fourth-order valence-corrected chi connectivity index (χ4v) is 4.13. The fraction of sp³-hybridized carbons (Fsp3) is 0.917. The van der Waals surface area contributed by atoms with Crippen LogP contribution in [0.1, 0.15) is 141 Å². The van der Waals surface area contributed by atoms with Gasteiger partial charge in [0.2, 0.25) is 0 Å². The SMILES string of the molecule is O=C1CCCCCCCCCCC1.ON=C1CCCCCCCCCCC1. The summed E-state index contributed by atoms with van der Waals surface area (Å²) >= 11 is 0. The minimum Gasteiger partial charge on any atom is -0.411 e. The van der Waals surface area contributed by atoms with E-state index in [2.05, 4.69) is 5.16 Å². The maximum atomic E-state index is 11.3. The first-order chi connectivity index (χ1) is 13.3. The molecule has 0 bridgehead atoms. The van der Waals surface area contributed by atoms with Gasteiger partial charge in [-0.15, -0.1) is 0 Å². The van der Waals surface area contributed by atoms with E-state index < -0.39 is 0 Å². The van der Waals surface area contributed by atoms with Crippen molar-refractivity contribution in [3.63, 3.8) is 0 Å². The third-order valence-electron chi connectivity index (χ3n) is 5.98. The molecule has 2 aliphatic carbocycles. The van der Waals surface area contributed by atoms with Crippen molar-refractivity contribution in [2.75, 3.05) is 0 Å². The fourth-order valence-electron chi connectivity index (χ4n) is 4.13. The number of carbonyl (C=O) groups is 1. The average Bonchev–Trinajstić information content (AvgIpc) is 2.66. The van der Waals surface area contributed by atoms with E-state index in [1.807, 2.05) is 0 Å². The van der Waals surface area contributed by atoms with Gasteiger partial charge >= 0.3 is 0 Å². The van der Waals surface area contributed by atoms with E-state index in [4.69, 9.17) is 5.21 Å².